The van der Waals surface area contributed by atoms with Gasteiger partial charge in [0.05, 0.1) is 12.5 Å². The van der Waals surface area contributed by atoms with Crippen LogP contribution in [0.3, 0.4) is 0 Å². The fourth-order valence-corrected chi connectivity index (χ4v) is 1.79. The van der Waals surface area contributed by atoms with Crippen LogP contribution in [0, 0.1) is 11.2 Å². The quantitative estimate of drug-likeness (QED) is 0.868. The van der Waals surface area contributed by atoms with Crippen LogP contribution in [-0.2, 0) is 9.53 Å². The number of rotatable bonds is 4. The summed E-state index contributed by atoms with van der Waals surface area (Å²) in [6.07, 6.45) is 0. The highest BCUT2D eigenvalue weighted by atomic mass is 79.9. The minimum atomic E-state index is -0.636. The summed E-state index contributed by atoms with van der Waals surface area (Å²) in [6, 6.07) is 4.35. The molecule has 0 atom stereocenters. The topological polar surface area (TPSA) is 38.3 Å². The number of methoxy groups -OCH3 is 1. The van der Waals surface area contributed by atoms with Crippen LogP contribution in [0.5, 0.6) is 0 Å². The van der Waals surface area contributed by atoms with Gasteiger partial charge in [0, 0.05) is 16.7 Å². The van der Waals surface area contributed by atoms with E-state index in [1.807, 2.05) is 0 Å². The fraction of sp³-hybridized carbons (Fsp3) is 0.417. The molecule has 1 aromatic carbocycles. The van der Waals surface area contributed by atoms with E-state index in [-0.39, 0.29) is 11.8 Å². The number of esters is 1. The molecule has 17 heavy (non-hydrogen) atoms. The Balaban J connectivity index is 2.70. The van der Waals surface area contributed by atoms with E-state index in [2.05, 4.69) is 21.2 Å². The number of halogens is 2. The first kappa shape index (κ1) is 14.0. The number of ether oxygens (including phenoxy) is 1. The Kier molecular flexibility index (Phi) is 4.51. The summed E-state index contributed by atoms with van der Waals surface area (Å²) >= 11 is 3.25. The molecule has 0 aliphatic rings. The molecule has 0 saturated heterocycles. The van der Waals surface area contributed by atoms with Gasteiger partial charge < -0.3 is 10.1 Å². The zero-order valence-electron chi connectivity index (χ0n) is 10.0. The van der Waals surface area contributed by atoms with Gasteiger partial charge >= 0.3 is 5.97 Å². The van der Waals surface area contributed by atoms with Crippen molar-refractivity contribution < 1.29 is 13.9 Å². The summed E-state index contributed by atoms with van der Waals surface area (Å²) in [6.45, 7) is 3.97. The Morgan fingerprint density at radius 3 is 2.71 bits per heavy atom. The fourth-order valence-electron chi connectivity index (χ4n) is 1.30. The lowest BCUT2D eigenvalue weighted by Gasteiger charge is -2.22. The molecule has 0 radical (unpaired) electrons. The first-order valence-corrected chi connectivity index (χ1v) is 5.93. The van der Waals surface area contributed by atoms with Gasteiger partial charge in [-0.3, -0.25) is 4.79 Å². The van der Waals surface area contributed by atoms with E-state index in [0.29, 0.717) is 11.0 Å². The SMILES string of the molecule is COC(=O)C(C)(C)CNc1ccc(F)cc1Br. The average Bonchev–Trinajstić information content (AvgIpc) is 2.26. The van der Waals surface area contributed by atoms with Crippen molar-refractivity contribution in [3.8, 4) is 0 Å². The van der Waals surface area contributed by atoms with Gasteiger partial charge in [0.1, 0.15) is 5.82 Å². The standard InChI is InChI=1S/C12H15BrFNO2/c1-12(2,11(16)17-3)7-15-10-5-4-8(14)6-9(10)13/h4-6,15H,7H2,1-3H3. The molecule has 3 nitrogen and oxygen atoms in total. The zero-order chi connectivity index (χ0) is 13.1. The van der Waals surface area contributed by atoms with Crippen molar-refractivity contribution in [1.82, 2.24) is 0 Å². The second-order valence-corrected chi connectivity index (χ2v) is 5.21. The van der Waals surface area contributed by atoms with Crippen LogP contribution in [-0.4, -0.2) is 19.6 Å². The normalized spacial score (nSPS) is 11.1. The van der Waals surface area contributed by atoms with Crippen LogP contribution in [0.2, 0.25) is 0 Å². The molecule has 1 N–H and O–H groups in total. The number of carbonyl (C=O) groups excluding carboxylic acids is 1. The Morgan fingerprint density at radius 2 is 2.18 bits per heavy atom. The number of benzene rings is 1. The van der Waals surface area contributed by atoms with Gasteiger partial charge in [-0.25, -0.2) is 4.39 Å². The molecule has 0 spiro atoms. The van der Waals surface area contributed by atoms with E-state index in [1.165, 1.54) is 19.2 Å². The van der Waals surface area contributed by atoms with E-state index >= 15 is 0 Å². The molecule has 0 aliphatic heterocycles. The molecule has 1 aromatic rings. The molecule has 0 aromatic heterocycles. The number of anilines is 1. The van der Waals surface area contributed by atoms with Gasteiger partial charge in [-0.1, -0.05) is 0 Å². The maximum atomic E-state index is 12.9. The first-order chi connectivity index (χ1) is 7.86. The van der Waals surface area contributed by atoms with Crippen molar-refractivity contribution in [3.05, 3.63) is 28.5 Å². The number of nitrogens with one attached hydrogen (secondary N) is 1. The summed E-state index contributed by atoms with van der Waals surface area (Å²) in [7, 11) is 1.36. The van der Waals surface area contributed by atoms with E-state index in [9.17, 15) is 9.18 Å². The van der Waals surface area contributed by atoms with Crippen molar-refractivity contribution in [2.45, 2.75) is 13.8 Å². The van der Waals surface area contributed by atoms with Gasteiger partial charge in [0.15, 0.2) is 0 Å². The Labute approximate surface area is 108 Å². The summed E-state index contributed by atoms with van der Waals surface area (Å²) in [5, 5.41) is 3.08. The molecule has 0 aliphatic carbocycles. The molecule has 1 rings (SSSR count). The van der Waals surface area contributed by atoms with Crippen LogP contribution in [0.4, 0.5) is 10.1 Å². The van der Waals surface area contributed by atoms with Crippen molar-refractivity contribution in [2.24, 2.45) is 5.41 Å². The van der Waals surface area contributed by atoms with E-state index in [4.69, 9.17) is 4.74 Å². The van der Waals surface area contributed by atoms with Crippen LogP contribution >= 0.6 is 15.9 Å². The lowest BCUT2D eigenvalue weighted by atomic mass is 9.93. The molecule has 0 bridgehead atoms. The highest BCUT2D eigenvalue weighted by molar-refractivity contribution is 9.10. The second kappa shape index (κ2) is 5.49. The maximum Gasteiger partial charge on any atom is 0.313 e. The molecular weight excluding hydrogens is 289 g/mol. The highest BCUT2D eigenvalue weighted by Gasteiger charge is 2.28. The Morgan fingerprint density at radius 1 is 1.53 bits per heavy atom. The minimum absolute atomic E-state index is 0.289. The summed E-state index contributed by atoms with van der Waals surface area (Å²) in [5.74, 6) is -0.599. The first-order valence-electron chi connectivity index (χ1n) is 5.14. The van der Waals surface area contributed by atoms with Gasteiger partial charge in [-0.2, -0.15) is 0 Å². The Bertz CT molecular complexity index is 421. The zero-order valence-corrected chi connectivity index (χ0v) is 11.6. The monoisotopic (exact) mass is 303 g/mol. The predicted octanol–water partition coefficient (Wildman–Crippen LogP) is 3.20. The molecule has 5 heteroatoms. The second-order valence-electron chi connectivity index (χ2n) is 4.35. The third kappa shape index (κ3) is 3.70. The van der Waals surface area contributed by atoms with Crippen molar-refractivity contribution in [3.63, 3.8) is 0 Å². The van der Waals surface area contributed by atoms with Gasteiger partial charge in [-0.05, 0) is 48.0 Å². The molecule has 0 heterocycles. The molecule has 0 amide bonds. The van der Waals surface area contributed by atoms with E-state index < -0.39 is 5.41 Å². The third-order valence-electron chi connectivity index (χ3n) is 2.39. The van der Waals surface area contributed by atoms with E-state index in [1.54, 1.807) is 19.9 Å². The van der Waals surface area contributed by atoms with Crippen LogP contribution in [0.15, 0.2) is 22.7 Å². The lowest BCUT2D eigenvalue weighted by molar-refractivity contribution is -0.149. The molecule has 0 saturated carbocycles. The number of hydrogen-bond donors (Lipinski definition) is 1. The minimum Gasteiger partial charge on any atom is -0.469 e. The predicted molar refractivity (Wildman–Crippen MR) is 68.4 cm³/mol. The van der Waals surface area contributed by atoms with E-state index in [0.717, 1.165) is 5.69 Å². The van der Waals surface area contributed by atoms with Crippen molar-refractivity contribution >= 4 is 27.6 Å². The molecule has 0 unspecified atom stereocenters. The van der Waals surface area contributed by atoms with Crippen molar-refractivity contribution in [1.29, 1.82) is 0 Å². The number of carbonyl (C=O) groups is 1. The molecular formula is C12H15BrFNO2. The lowest BCUT2D eigenvalue weighted by Crippen LogP contribution is -2.33. The average molecular weight is 304 g/mol. The largest absolute Gasteiger partial charge is 0.469 e. The van der Waals surface area contributed by atoms with Crippen LogP contribution in [0.25, 0.3) is 0 Å². The van der Waals surface area contributed by atoms with Gasteiger partial charge in [0.25, 0.3) is 0 Å². The Hall–Kier alpha value is -1.10. The summed E-state index contributed by atoms with van der Waals surface area (Å²) in [5.41, 5.74) is 0.103. The number of hydrogen-bond acceptors (Lipinski definition) is 3. The molecule has 94 valence electrons. The third-order valence-corrected chi connectivity index (χ3v) is 3.05. The highest BCUT2D eigenvalue weighted by Crippen LogP contribution is 2.25. The molecule has 0 fully saturated rings. The van der Waals surface area contributed by atoms with Crippen molar-refractivity contribution in [2.75, 3.05) is 19.0 Å². The summed E-state index contributed by atoms with van der Waals surface area (Å²) in [4.78, 5) is 11.5. The van der Waals surface area contributed by atoms with Gasteiger partial charge in [-0.15, -0.1) is 0 Å². The van der Waals surface area contributed by atoms with Gasteiger partial charge in [0.2, 0.25) is 0 Å². The smallest absolute Gasteiger partial charge is 0.313 e. The summed E-state index contributed by atoms with van der Waals surface area (Å²) < 4.78 is 18.2. The van der Waals surface area contributed by atoms with Crippen LogP contribution < -0.4 is 5.32 Å². The maximum absolute atomic E-state index is 12.9. The van der Waals surface area contributed by atoms with Crippen LogP contribution in [0.1, 0.15) is 13.8 Å².